The highest BCUT2D eigenvalue weighted by atomic mass is 16.4. The van der Waals surface area contributed by atoms with E-state index in [1.165, 1.54) is 6.92 Å². The molecule has 0 aliphatic heterocycles. The summed E-state index contributed by atoms with van der Waals surface area (Å²) in [5.74, 6) is -2.57. The van der Waals surface area contributed by atoms with Crippen LogP contribution in [0.2, 0.25) is 0 Å². The molecule has 4 N–H and O–H groups in total. The lowest BCUT2D eigenvalue weighted by molar-refractivity contribution is -0.142. The highest BCUT2D eigenvalue weighted by Crippen LogP contribution is 2.21. The molecule has 1 atom stereocenters. The summed E-state index contributed by atoms with van der Waals surface area (Å²) >= 11 is 0. The minimum atomic E-state index is -1.11. The Hall–Kier alpha value is -2.12. The molecule has 0 heterocycles. The van der Waals surface area contributed by atoms with E-state index < -0.39 is 23.8 Å². The van der Waals surface area contributed by atoms with Crippen LogP contribution in [0.4, 0.5) is 0 Å². The number of rotatable bonds is 8. The summed E-state index contributed by atoms with van der Waals surface area (Å²) in [5.41, 5.74) is -0.0367. The van der Waals surface area contributed by atoms with Crippen LogP contribution in [0.25, 0.3) is 0 Å². The van der Waals surface area contributed by atoms with E-state index in [2.05, 4.69) is 16.0 Å². The first-order valence-corrected chi connectivity index (χ1v) is 7.04. The van der Waals surface area contributed by atoms with Crippen molar-refractivity contribution in [1.82, 2.24) is 16.0 Å². The fraction of sp³-hybridized carbons (Fsp3) is 0.714. The number of carboxylic acids is 1. The number of carboxylic acid groups (broad SMARTS) is 1. The van der Waals surface area contributed by atoms with Gasteiger partial charge < -0.3 is 21.1 Å². The zero-order chi connectivity index (χ0) is 17.3. The molecule has 8 nitrogen and oxygen atoms in total. The van der Waals surface area contributed by atoms with Crippen LogP contribution >= 0.6 is 0 Å². The summed E-state index contributed by atoms with van der Waals surface area (Å²) in [7, 11) is 0. The van der Waals surface area contributed by atoms with Gasteiger partial charge in [-0.05, 0) is 18.3 Å². The van der Waals surface area contributed by atoms with Crippen molar-refractivity contribution in [1.29, 1.82) is 0 Å². The molecular weight excluding hydrogens is 290 g/mol. The Morgan fingerprint density at radius 2 is 1.55 bits per heavy atom. The molecule has 8 heteroatoms. The van der Waals surface area contributed by atoms with Crippen molar-refractivity contribution in [3.63, 3.8) is 0 Å². The van der Waals surface area contributed by atoms with Crippen molar-refractivity contribution in [3.05, 3.63) is 0 Å². The van der Waals surface area contributed by atoms with Crippen molar-refractivity contribution < 1.29 is 24.3 Å². The number of aliphatic carboxylic acids is 1. The first kappa shape index (κ1) is 19.9. The van der Waals surface area contributed by atoms with E-state index in [-0.39, 0.29) is 24.4 Å². The largest absolute Gasteiger partial charge is 0.480 e. The van der Waals surface area contributed by atoms with Gasteiger partial charge >= 0.3 is 5.97 Å². The number of amides is 3. The second-order valence-electron chi connectivity index (χ2n) is 6.24. The predicted octanol–water partition coefficient (Wildman–Crippen LogP) is -0.366. The van der Waals surface area contributed by atoms with Gasteiger partial charge in [0.15, 0.2) is 0 Å². The molecule has 0 aromatic rings. The Morgan fingerprint density at radius 3 is 2.00 bits per heavy atom. The molecule has 126 valence electrons. The lowest BCUT2D eigenvalue weighted by atomic mass is 9.88. The Labute approximate surface area is 130 Å². The summed E-state index contributed by atoms with van der Waals surface area (Å²) in [4.78, 5) is 44.7. The van der Waals surface area contributed by atoms with Crippen LogP contribution in [0, 0.1) is 5.41 Å². The van der Waals surface area contributed by atoms with E-state index >= 15 is 0 Å². The SMILES string of the molecule is CC(=O)NCC(=O)NCC(=O)NC(CCC(C)(C)C)C(=O)O. The van der Waals surface area contributed by atoms with Gasteiger partial charge in [0, 0.05) is 6.92 Å². The number of hydrogen-bond acceptors (Lipinski definition) is 4. The van der Waals surface area contributed by atoms with Gasteiger partial charge in [-0.1, -0.05) is 20.8 Å². The van der Waals surface area contributed by atoms with Crippen molar-refractivity contribution in [2.24, 2.45) is 5.41 Å². The zero-order valence-corrected chi connectivity index (χ0v) is 13.5. The van der Waals surface area contributed by atoms with Gasteiger partial charge in [-0.25, -0.2) is 4.79 Å². The Balaban J connectivity index is 4.21. The average molecular weight is 315 g/mol. The first-order valence-electron chi connectivity index (χ1n) is 7.04. The van der Waals surface area contributed by atoms with E-state index in [1.54, 1.807) is 0 Å². The van der Waals surface area contributed by atoms with Crippen molar-refractivity contribution in [3.8, 4) is 0 Å². The summed E-state index contributed by atoms with van der Waals surface area (Å²) < 4.78 is 0. The van der Waals surface area contributed by atoms with E-state index in [0.717, 1.165) is 0 Å². The van der Waals surface area contributed by atoms with Gasteiger partial charge in [0.25, 0.3) is 0 Å². The number of nitrogens with one attached hydrogen (secondary N) is 3. The first-order chi connectivity index (χ1) is 10.0. The van der Waals surface area contributed by atoms with Gasteiger partial charge in [-0.3, -0.25) is 14.4 Å². The second-order valence-corrected chi connectivity index (χ2v) is 6.24. The predicted molar refractivity (Wildman–Crippen MR) is 79.9 cm³/mol. The third-order valence-electron chi connectivity index (χ3n) is 2.76. The van der Waals surface area contributed by atoms with Crippen LogP contribution in [0.1, 0.15) is 40.5 Å². The molecule has 0 saturated carbocycles. The lowest BCUT2D eigenvalue weighted by Crippen LogP contribution is -2.47. The highest BCUT2D eigenvalue weighted by Gasteiger charge is 2.22. The number of hydrogen-bond donors (Lipinski definition) is 4. The smallest absolute Gasteiger partial charge is 0.326 e. The third-order valence-corrected chi connectivity index (χ3v) is 2.76. The number of carbonyl (C=O) groups excluding carboxylic acids is 3. The minimum Gasteiger partial charge on any atom is -0.480 e. The van der Waals surface area contributed by atoms with Gasteiger partial charge in [-0.2, -0.15) is 0 Å². The van der Waals surface area contributed by atoms with Crippen LogP contribution < -0.4 is 16.0 Å². The van der Waals surface area contributed by atoms with E-state index in [9.17, 15) is 19.2 Å². The van der Waals surface area contributed by atoms with E-state index in [0.29, 0.717) is 12.8 Å². The van der Waals surface area contributed by atoms with E-state index in [4.69, 9.17) is 5.11 Å². The molecular formula is C14H25N3O5. The minimum absolute atomic E-state index is 0.0367. The molecule has 0 aromatic carbocycles. The molecule has 0 fully saturated rings. The molecule has 0 bridgehead atoms. The van der Waals surface area contributed by atoms with Gasteiger partial charge in [0.2, 0.25) is 17.7 Å². The Kier molecular flexibility index (Phi) is 8.14. The maximum atomic E-state index is 11.6. The molecule has 0 aliphatic rings. The standard InChI is InChI=1S/C14H25N3O5/c1-9(18)15-7-11(19)16-8-12(20)17-10(13(21)22)5-6-14(2,3)4/h10H,5-8H2,1-4H3,(H,15,18)(H,16,19)(H,17,20)(H,21,22). The Morgan fingerprint density at radius 1 is 1.00 bits per heavy atom. The Bertz CT molecular complexity index is 429. The topological polar surface area (TPSA) is 125 Å². The van der Waals surface area contributed by atoms with Crippen LogP contribution in [0.15, 0.2) is 0 Å². The van der Waals surface area contributed by atoms with Crippen LogP contribution in [0.5, 0.6) is 0 Å². The monoisotopic (exact) mass is 315 g/mol. The molecule has 0 aliphatic carbocycles. The van der Waals surface area contributed by atoms with Gasteiger partial charge in [-0.15, -0.1) is 0 Å². The van der Waals surface area contributed by atoms with Crippen LogP contribution in [0.3, 0.4) is 0 Å². The summed E-state index contributed by atoms with van der Waals surface area (Å²) in [6, 6.07) is -0.987. The quantitative estimate of drug-likeness (QED) is 0.486. The van der Waals surface area contributed by atoms with Crippen LogP contribution in [-0.2, 0) is 19.2 Å². The van der Waals surface area contributed by atoms with Gasteiger partial charge in [0.05, 0.1) is 13.1 Å². The molecule has 22 heavy (non-hydrogen) atoms. The maximum Gasteiger partial charge on any atom is 0.326 e. The van der Waals surface area contributed by atoms with Crippen molar-refractivity contribution >= 4 is 23.7 Å². The molecule has 0 spiro atoms. The van der Waals surface area contributed by atoms with Crippen molar-refractivity contribution in [2.75, 3.05) is 13.1 Å². The van der Waals surface area contributed by atoms with Crippen LogP contribution in [-0.4, -0.2) is 47.9 Å². The average Bonchev–Trinajstić information content (AvgIpc) is 2.37. The third kappa shape index (κ3) is 10.6. The van der Waals surface area contributed by atoms with E-state index in [1.807, 2.05) is 20.8 Å². The number of carbonyl (C=O) groups is 4. The molecule has 3 amide bonds. The lowest BCUT2D eigenvalue weighted by Gasteiger charge is -2.21. The maximum absolute atomic E-state index is 11.6. The fourth-order valence-corrected chi connectivity index (χ4v) is 1.53. The summed E-state index contributed by atoms with van der Waals surface area (Å²) in [6.45, 7) is 6.65. The molecule has 0 rings (SSSR count). The molecule has 0 saturated heterocycles. The van der Waals surface area contributed by atoms with Crippen molar-refractivity contribution in [2.45, 2.75) is 46.6 Å². The highest BCUT2D eigenvalue weighted by molar-refractivity contribution is 5.89. The normalized spacial score (nSPS) is 12.2. The second kappa shape index (κ2) is 9.01. The zero-order valence-electron chi connectivity index (χ0n) is 13.5. The fourth-order valence-electron chi connectivity index (χ4n) is 1.53. The molecule has 0 aromatic heterocycles. The summed E-state index contributed by atoms with van der Waals surface area (Å²) in [5, 5.41) is 16.0. The molecule has 0 radical (unpaired) electrons. The van der Waals surface area contributed by atoms with Gasteiger partial charge in [0.1, 0.15) is 6.04 Å². The summed E-state index contributed by atoms with van der Waals surface area (Å²) in [6.07, 6.45) is 0.948. The molecule has 1 unspecified atom stereocenters.